The molecule has 98 valence electrons. The second kappa shape index (κ2) is 5.22. The van der Waals surface area contributed by atoms with E-state index < -0.39 is 23.9 Å². The molecule has 4 nitrogen and oxygen atoms in total. The van der Waals surface area contributed by atoms with Gasteiger partial charge in [-0.2, -0.15) is 0 Å². The number of carbonyl (C=O) groups is 1. The van der Waals surface area contributed by atoms with Gasteiger partial charge in [-0.1, -0.05) is 17.7 Å². The third kappa shape index (κ3) is 2.80. The van der Waals surface area contributed by atoms with Crippen LogP contribution in [0.25, 0.3) is 0 Å². The highest BCUT2D eigenvalue weighted by Crippen LogP contribution is 2.24. The molecule has 0 radical (unpaired) electrons. The van der Waals surface area contributed by atoms with Crippen LogP contribution in [0.15, 0.2) is 18.2 Å². The number of halogens is 2. The standard InChI is InChI=1S/C12H13ClFNO3/c13-10-3-8(14)2-1-7(10)5-15-6-9(16)4-11(15)12(17)18/h1-3,9,11,16H,4-6H2,(H,17,18). The summed E-state index contributed by atoms with van der Waals surface area (Å²) in [5, 5.41) is 18.8. The van der Waals surface area contributed by atoms with Gasteiger partial charge in [-0.25, -0.2) is 4.39 Å². The summed E-state index contributed by atoms with van der Waals surface area (Å²) in [5.41, 5.74) is 0.651. The van der Waals surface area contributed by atoms with Gasteiger partial charge in [0.1, 0.15) is 11.9 Å². The predicted molar refractivity (Wildman–Crippen MR) is 63.9 cm³/mol. The Bertz CT molecular complexity index is 469. The summed E-state index contributed by atoms with van der Waals surface area (Å²) in [5.74, 6) is -1.40. The summed E-state index contributed by atoms with van der Waals surface area (Å²) in [7, 11) is 0. The molecule has 0 saturated carbocycles. The van der Waals surface area contributed by atoms with Crippen molar-refractivity contribution in [1.29, 1.82) is 0 Å². The Morgan fingerprint density at radius 1 is 1.56 bits per heavy atom. The number of hydrogen-bond donors (Lipinski definition) is 2. The van der Waals surface area contributed by atoms with Gasteiger partial charge in [0.25, 0.3) is 0 Å². The van der Waals surface area contributed by atoms with E-state index in [0.717, 1.165) is 0 Å². The van der Waals surface area contributed by atoms with Crippen LogP contribution < -0.4 is 0 Å². The number of β-amino-alcohol motifs (C(OH)–C–C–N with tert-alkyl or cyclic N) is 1. The van der Waals surface area contributed by atoms with E-state index in [4.69, 9.17) is 16.7 Å². The number of hydrogen-bond acceptors (Lipinski definition) is 3. The molecule has 1 aromatic carbocycles. The summed E-state index contributed by atoms with van der Waals surface area (Å²) >= 11 is 5.90. The fourth-order valence-electron chi connectivity index (χ4n) is 2.18. The Balaban J connectivity index is 2.15. The molecule has 0 amide bonds. The maximum atomic E-state index is 12.9. The fourth-order valence-corrected chi connectivity index (χ4v) is 2.41. The largest absolute Gasteiger partial charge is 0.480 e. The van der Waals surface area contributed by atoms with Crippen LogP contribution in [0.2, 0.25) is 5.02 Å². The molecule has 2 unspecified atom stereocenters. The first-order chi connectivity index (χ1) is 8.47. The first-order valence-corrected chi connectivity index (χ1v) is 5.94. The number of benzene rings is 1. The molecule has 2 atom stereocenters. The molecule has 0 aliphatic carbocycles. The average molecular weight is 274 g/mol. The third-order valence-corrected chi connectivity index (χ3v) is 3.41. The minimum atomic E-state index is -0.968. The minimum absolute atomic E-state index is 0.203. The molecule has 1 aliphatic heterocycles. The normalized spacial score (nSPS) is 24.4. The van der Waals surface area contributed by atoms with Crippen molar-refractivity contribution < 1.29 is 19.4 Å². The maximum Gasteiger partial charge on any atom is 0.321 e. The van der Waals surface area contributed by atoms with Crippen molar-refractivity contribution in [2.45, 2.75) is 25.1 Å². The molecule has 1 fully saturated rings. The molecule has 1 saturated heterocycles. The van der Waals surface area contributed by atoms with Crippen molar-refractivity contribution in [1.82, 2.24) is 4.90 Å². The van der Waals surface area contributed by atoms with Crippen LogP contribution in [-0.2, 0) is 11.3 Å². The van der Waals surface area contributed by atoms with E-state index in [9.17, 15) is 14.3 Å². The van der Waals surface area contributed by atoms with Crippen LogP contribution in [0.1, 0.15) is 12.0 Å². The zero-order valence-corrected chi connectivity index (χ0v) is 10.3. The Morgan fingerprint density at radius 2 is 2.28 bits per heavy atom. The van der Waals surface area contributed by atoms with Crippen LogP contribution in [0, 0.1) is 5.82 Å². The Morgan fingerprint density at radius 3 is 2.89 bits per heavy atom. The number of carboxylic acids is 1. The van der Waals surface area contributed by atoms with Gasteiger partial charge < -0.3 is 10.2 Å². The second-order valence-electron chi connectivity index (χ2n) is 4.41. The molecule has 2 rings (SSSR count). The van der Waals surface area contributed by atoms with Crippen molar-refractivity contribution in [2.24, 2.45) is 0 Å². The van der Waals surface area contributed by atoms with Crippen LogP contribution in [-0.4, -0.2) is 39.8 Å². The van der Waals surface area contributed by atoms with Gasteiger partial charge in [0.05, 0.1) is 6.10 Å². The quantitative estimate of drug-likeness (QED) is 0.876. The first-order valence-electron chi connectivity index (χ1n) is 5.56. The number of aliphatic hydroxyl groups is 1. The van der Waals surface area contributed by atoms with E-state index >= 15 is 0 Å². The van der Waals surface area contributed by atoms with Crippen LogP contribution in [0.4, 0.5) is 4.39 Å². The van der Waals surface area contributed by atoms with E-state index in [2.05, 4.69) is 0 Å². The minimum Gasteiger partial charge on any atom is -0.480 e. The van der Waals surface area contributed by atoms with Crippen LogP contribution >= 0.6 is 11.6 Å². The third-order valence-electron chi connectivity index (χ3n) is 3.05. The van der Waals surface area contributed by atoms with Crippen LogP contribution in [0.3, 0.4) is 0 Å². The predicted octanol–water partition coefficient (Wildman–Crippen LogP) is 1.50. The summed E-state index contributed by atoms with van der Waals surface area (Å²) in [6.45, 7) is 0.567. The van der Waals surface area contributed by atoms with Crippen molar-refractivity contribution in [2.75, 3.05) is 6.54 Å². The molecule has 2 N–H and O–H groups in total. The monoisotopic (exact) mass is 273 g/mol. The number of carboxylic acid groups (broad SMARTS) is 1. The first kappa shape index (κ1) is 13.3. The van der Waals surface area contributed by atoms with Gasteiger partial charge in [-0.3, -0.25) is 9.69 Å². The lowest BCUT2D eigenvalue weighted by Gasteiger charge is -2.21. The Labute approximate surface area is 109 Å². The second-order valence-corrected chi connectivity index (χ2v) is 4.82. The molecule has 0 aromatic heterocycles. The summed E-state index contributed by atoms with van der Waals surface area (Å²) in [4.78, 5) is 12.7. The van der Waals surface area contributed by atoms with Gasteiger partial charge in [-0.15, -0.1) is 0 Å². The van der Waals surface area contributed by atoms with E-state index in [-0.39, 0.29) is 24.5 Å². The summed E-state index contributed by atoms with van der Waals surface area (Å²) < 4.78 is 12.9. The smallest absolute Gasteiger partial charge is 0.321 e. The SMILES string of the molecule is O=C(O)C1CC(O)CN1Cc1ccc(F)cc1Cl. The van der Waals surface area contributed by atoms with E-state index in [1.54, 1.807) is 4.90 Å². The summed E-state index contributed by atoms with van der Waals surface area (Å²) in [6.07, 6.45) is -0.445. The highest BCUT2D eigenvalue weighted by Gasteiger charge is 2.35. The number of aliphatic hydroxyl groups excluding tert-OH is 1. The number of likely N-dealkylation sites (tertiary alicyclic amines) is 1. The molecule has 0 bridgehead atoms. The molecular weight excluding hydrogens is 261 g/mol. The summed E-state index contributed by atoms with van der Waals surface area (Å²) in [6, 6.07) is 3.28. The van der Waals surface area contributed by atoms with Gasteiger partial charge in [0.15, 0.2) is 0 Å². The zero-order valence-electron chi connectivity index (χ0n) is 9.51. The average Bonchev–Trinajstić information content (AvgIpc) is 2.64. The maximum absolute atomic E-state index is 12.9. The highest BCUT2D eigenvalue weighted by atomic mass is 35.5. The molecule has 1 heterocycles. The topological polar surface area (TPSA) is 60.8 Å². The molecule has 6 heteroatoms. The number of nitrogens with zero attached hydrogens (tertiary/aromatic N) is 1. The Hall–Kier alpha value is -1.17. The van der Waals surface area contributed by atoms with Gasteiger partial charge in [0, 0.05) is 24.5 Å². The van der Waals surface area contributed by atoms with Crippen molar-refractivity contribution in [3.05, 3.63) is 34.6 Å². The lowest BCUT2D eigenvalue weighted by atomic mass is 10.1. The van der Waals surface area contributed by atoms with E-state index in [1.165, 1.54) is 18.2 Å². The van der Waals surface area contributed by atoms with Crippen LogP contribution in [0.5, 0.6) is 0 Å². The molecular formula is C12H13ClFNO3. The number of aliphatic carboxylic acids is 1. The highest BCUT2D eigenvalue weighted by molar-refractivity contribution is 6.31. The van der Waals surface area contributed by atoms with Crippen molar-refractivity contribution >= 4 is 17.6 Å². The van der Waals surface area contributed by atoms with E-state index in [1.807, 2.05) is 0 Å². The molecule has 1 aromatic rings. The molecule has 1 aliphatic rings. The Kier molecular flexibility index (Phi) is 3.85. The fraction of sp³-hybridized carbons (Fsp3) is 0.417. The van der Waals surface area contributed by atoms with Gasteiger partial charge in [0.2, 0.25) is 0 Å². The number of rotatable bonds is 3. The van der Waals surface area contributed by atoms with Gasteiger partial charge >= 0.3 is 5.97 Å². The molecule has 18 heavy (non-hydrogen) atoms. The zero-order chi connectivity index (χ0) is 13.3. The van der Waals surface area contributed by atoms with Gasteiger partial charge in [-0.05, 0) is 17.7 Å². The lowest BCUT2D eigenvalue weighted by Crippen LogP contribution is -2.35. The van der Waals surface area contributed by atoms with E-state index in [0.29, 0.717) is 5.56 Å². The lowest BCUT2D eigenvalue weighted by molar-refractivity contribution is -0.142. The molecule has 0 spiro atoms. The van der Waals surface area contributed by atoms with Crippen molar-refractivity contribution in [3.8, 4) is 0 Å². The van der Waals surface area contributed by atoms with Crippen molar-refractivity contribution in [3.63, 3.8) is 0 Å².